The van der Waals surface area contributed by atoms with Crippen molar-refractivity contribution in [1.29, 1.82) is 0 Å². The van der Waals surface area contributed by atoms with Crippen molar-refractivity contribution in [1.82, 2.24) is 0 Å². The summed E-state index contributed by atoms with van der Waals surface area (Å²) >= 11 is 0. The number of hydrogen-bond acceptors (Lipinski definition) is 0. The molecule has 0 rings (SSSR count). The molecule has 4 heavy (non-hydrogen) atoms. The Kier molecular flexibility index (Phi) is 3.11. The van der Waals surface area contributed by atoms with Crippen molar-refractivity contribution in [3.05, 3.63) is 0 Å². The molecule has 0 aromatic carbocycles. The maximum atomic E-state index is 10.5. The van der Waals surface area contributed by atoms with Crippen LogP contribution in [0.15, 0.2) is 0 Å². The van der Waals surface area contributed by atoms with Crippen LogP contribution in [-0.4, -0.2) is 15.4 Å². The van der Waals surface area contributed by atoms with Crippen LogP contribution >= 0.6 is 0 Å². The van der Waals surface area contributed by atoms with Gasteiger partial charge in [-0.1, -0.05) is 6.22 Å². The van der Waals surface area contributed by atoms with Gasteiger partial charge in [-0.2, -0.15) is 0 Å². The maximum Gasteiger partial charge on any atom is 0.345 e. The van der Waals surface area contributed by atoms with E-state index in [0.717, 1.165) is 0 Å². The van der Waals surface area contributed by atoms with E-state index in [0.29, 0.717) is 7.56 Å². The monoisotopic (exact) mass is 55.0 g/mol. The summed E-state index contributed by atoms with van der Waals surface area (Å²) in [7, 11) is 5.00. The minimum Gasteiger partial charge on any atom is -0.344 e. The molecule has 0 unspecified atom stereocenters. The van der Waals surface area contributed by atoms with E-state index in [2.05, 4.69) is 7.85 Å². The van der Waals surface area contributed by atoms with Crippen molar-refractivity contribution in [2.45, 2.75) is 6.22 Å². The average molecular weight is 54.6 g/mol. The maximum absolute atomic E-state index is 10.5. The summed E-state index contributed by atoms with van der Waals surface area (Å²) in [5.74, 6) is 0. The summed E-state index contributed by atoms with van der Waals surface area (Å²) in [6.07, 6.45) is 0.0278. The van der Waals surface area contributed by atoms with Crippen LogP contribution in [0.25, 0.3) is 0 Å². The van der Waals surface area contributed by atoms with Crippen molar-refractivity contribution in [2.75, 3.05) is 0 Å². The summed E-state index contributed by atoms with van der Waals surface area (Å²) in [5.41, 5.74) is 0. The summed E-state index contributed by atoms with van der Waals surface area (Å²) in [6.45, 7) is 0. The van der Waals surface area contributed by atoms with Crippen molar-refractivity contribution in [3.8, 4) is 0 Å². The lowest BCUT2D eigenvalue weighted by molar-refractivity contribution is 0.874. The second-order valence-electron chi connectivity index (χ2n) is 0.390. The second kappa shape index (κ2) is 3.06. The zero-order valence-electron chi connectivity index (χ0n) is 2.24. The Morgan fingerprint density at radius 3 is 2.25 bits per heavy atom. The third-order valence-electron chi connectivity index (χ3n) is 0.0891. The topological polar surface area (TPSA) is 0 Å². The van der Waals surface area contributed by atoms with Crippen LogP contribution in [0.2, 0.25) is 6.22 Å². The molecular weight excluding hydrogens is 52.6 g/mol. The van der Waals surface area contributed by atoms with Gasteiger partial charge < -0.3 is 4.32 Å². The summed E-state index contributed by atoms with van der Waals surface area (Å²) in [4.78, 5) is 0. The lowest BCUT2D eigenvalue weighted by Crippen LogP contribution is -1.71. The average Bonchev–Trinajstić information content (AvgIpc) is 1.37. The zero-order valence-corrected chi connectivity index (χ0v) is 2.24. The second-order valence-corrected chi connectivity index (χ2v) is 0.390. The van der Waals surface area contributed by atoms with Crippen molar-refractivity contribution < 1.29 is 4.32 Å². The molecule has 0 N–H and O–H groups in total. The van der Waals surface area contributed by atoms with E-state index in [1.54, 1.807) is 0 Å². The molecular formula is CH2B2F. The molecule has 0 amide bonds. The Labute approximate surface area is 27.1 Å². The van der Waals surface area contributed by atoms with Gasteiger partial charge in [-0.05, 0) is 0 Å². The Balaban J connectivity index is 1.97. The normalized spacial score (nSPS) is 6.25. The molecule has 0 aliphatic rings. The lowest BCUT2D eigenvalue weighted by Gasteiger charge is -1.58. The summed E-state index contributed by atoms with van der Waals surface area (Å²) in [6, 6.07) is 0. The van der Waals surface area contributed by atoms with Gasteiger partial charge >= 0.3 is 7.56 Å². The van der Waals surface area contributed by atoms with Crippen LogP contribution in [0.4, 0.5) is 4.32 Å². The van der Waals surface area contributed by atoms with Gasteiger partial charge in [0.2, 0.25) is 0 Å². The smallest absolute Gasteiger partial charge is 0.344 e. The van der Waals surface area contributed by atoms with Gasteiger partial charge in [0.05, 0.1) is 7.85 Å². The largest absolute Gasteiger partial charge is 0.345 e. The van der Waals surface area contributed by atoms with E-state index in [-0.39, 0.29) is 6.22 Å². The summed E-state index contributed by atoms with van der Waals surface area (Å²) < 4.78 is 10.5. The van der Waals surface area contributed by atoms with E-state index < -0.39 is 0 Å². The number of rotatable bonds is 1. The molecule has 0 atom stereocenters. The fourth-order valence-corrected chi connectivity index (χ4v) is 0. The predicted octanol–water partition coefficient (Wildman–Crippen LogP) is 0.119. The zero-order chi connectivity index (χ0) is 3.41. The van der Waals surface area contributed by atoms with Crippen LogP contribution in [0.1, 0.15) is 0 Å². The number of hydrogen-bond donors (Lipinski definition) is 0. The van der Waals surface area contributed by atoms with Gasteiger partial charge in [0.1, 0.15) is 0 Å². The van der Waals surface area contributed by atoms with Gasteiger partial charge in [-0.25, -0.2) is 0 Å². The van der Waals surface area contributed by atoms with Crippen molar-refractivity contribution in [3.63, 3.8) is 0 Å². The molecule has 0 heterocycles. The highest BCUT2D eigenvalue weighted by atomic mass is 19.1. The van der Waals surface area contributed by atoms with Gasteiger partial charge in [0.25, 0.3) is 0 Å². The Morgan fingerprint density at radius 2 is 2.25 bits per heavy atom. The molecule has 0 aromatic rings. The summed E-state index contributed by atoms with van der Waals surface area (Å²) in [5, 5.41) is 0. The van der Waals surface area contributed by atoms with Crippen LogP contribution in [0.5, 0.6) is 0 Å². The first-order valence-corrected chi connectivity index (χ1v) is 1.03. The molecule has 0 bridgehead atoms. The van der Waals surface area contributed by atoms with Crippen LogP contribution in [-0.2, 0) is 0 Å². The Morgan fingerprint density at radius 1 is 2.00 bits per heavy atom. The Hall–Kier alpha value is 0.0599. The quantitative estimate of drug-likeness (QED) is 0.373. The first kappa shape index (κ1) is 4.06. The molecule has 0 aliphatic carbocycles. The van der Waals surface area contributed by atoms with Gasteiger partial charge in [0.15, 0.2) is 0 Å². The van der Waals surface area contributed by atoms with Crippen LogP contribution in [0, 0.1) is 0 Å². The molecule has 0 aliphatic heterocycles. The fourth-order valence-electron chi connectivity index (χ4n) is 0. The van der Waals surface area contributed by atoms with E-state index in [1.807, 2.05) is 0 Å². The molecule has 0 fully saturated rings. The van der Waals surface area contributed by atoms with Crippen molar-refractivity contribution in [2.24, 2.45) is 0 Å². The minimum atomic E-state index is 0.0278. The third-order valence-corrected chi connectivity index (χ3v) is 0.0891. The molecule has 3 heteroatoms. The highest BCUT2D eigenvalue weighted by molar-refractivity contribution is 6.40. The molecule has 0 aromatic heterocycles. The van der Waals surface area contributed by atoms with Crippen LogP contribution < -0.4 is 0 Å². The molecule has 0 spiro atoms. The Bertz CT molecular complexity index is 8.00. The number of halogens is 1. The highest BCUT2D eigenvalue weighted by Gasteiger charge is 1.70. The van der Waals surface area contributed by atoms with Gasteiger partial charge in [0, 0.05) is 0 Å². The fraction of sp³-hybridized carbons (Fsp3) is 1.00. The molecule has 0 nitrogen and oxygen atoms in total. The first-order valence-electron chi connectivity index (χ1n) is 1.03. The van der Waals surface area contributed by atoms with Crippen LogP contribution in [0.3, 0.4) is 0 Å². The van der Waals surface area contributed by atoms with Gasteiger partial charge in [-0.3, -0.25) is 0 Å². The van der Waals surface area contributed by atoms with E-state index in [9.17, 15) is 4.32 Å². The molecule has 0 saturated heterocycles. The predicted molar refractivity (Wildman–Crippen MR) is 17.4 cm³/mol. The van der Waals surface area contributed by atoms with E-state index in [1.165, 1.54) is 0 Å². The third kappa shape index (κ3) is 2.06. The van der Waals surface area contributed by atoms with E-state index in [4.69, 9.17) is 0 Å². The first-order chi connectivity index (χ1) is 1.91. The molecule has 3 radical (unpaired) electrons. The molecule has 0 saturated carbocycles. The van der Waals surface area contributed by atoms with Crippen molar-refractivity contribution >= 4 is 15.4 Å². The van der Waals surface area contributed by atoms with Gasteiger partial charge in [-0.15, -0.1) is 0 Å². The minimum absolute atomic E-state index is 0.0278. The standard InChI is InChI=1S/CH2B2F/c2-1-3-4/h1H2. The SMILES string of the molecule is [B]C[B]F. The highest BCUT2D eigenvalue weighted by Crippen LogP contribution is 1.60. The molecule has 19 valence electrons. The van der Waals surface area contributed by atoms with E-state index >= 15 is 0 Å². The lowest BCUT2D eigenvalue weighted by atomic mass is 9.84.